The average molecular weight is 116 g/mol. The fourth-order valence-corrected chi connectivity index (χ4v) is 0.869. The third-order valence-corrected chi connectivity index (χ3v) is 1.60. The summed E-state index contributed by atoms with van der Waals surface area (Å²) < 4.78 is 5.09. The standard InChI is InChI=1S/C6H12O2/c1-5-4-8-3-2-6(5)7/h5-7H,2-4H2,1H3/t5-,6-/m1/s1. The molecule has 2 atom stereocenters. The Kier molecular flexibility index (Phi) is 1.86. The molecule has 0 bridgehead atoms. The Hall–Kier alpha value is -0.0800. The van der Waals surface area contributed by atoms with E-state index in [1.165, 1.54) is 0 Å². The fourth-order valence-electron chi connectivity index (χ4n) is 0.869. The SMILES string of the molecule is C[C@@H]1COCC[C@H]1O. The van der Waals surface area contributed by atoms with Gasteiger partial charge >= 0.3 is 0 Å². The molecule has 0 unspecified atom stereocenters. The maximum atomic E-state index is 9.10. The molecule has 0 aromatic rings. The normalized spacial score (nSPS) is 39.8. The van der Waals surface area contributed by atoms with Gasteiger partial charge in [0.15, 0.2) is 0 Å². The number of hydrogen-bond acceptors (Lipinski definition) is 2. The Labute approximate surface area is 49.5 Å². The average Bonchev–Trinajstić information content (AvgIpc) is 1.77. The lowest BCUT2D eigenvalue weighted by Crippen LogP contribution is -2.29. The first kappa shape index (κ1) is 6.05. The van der Waals surface area contributed by atoms with E-state index >= 15 is 0 Å². The molecule has 0 radical (unpaired) electrons. The van der Waals surface area contributed by atoms with Gasteiger partial charge in [0, 0.05) is 12.5 Å². The zero-order valence-corrected chi connectivity index (χ0v) is 5.13. The Balaban J connectivity index is 2.28. The Bertz CT molecular complexity index is 62.9. The van der Waals surface area contributed by atoms with Crippen LogP contribution in [0.3, 0.4) is 0 Å². The lowest BCUT2D eigenvalue weighted by atomic mass is 10.0. The molecule has 1 aliphatic heterocycles. The van der Waals surface area contributed by atoms with Gasteiger partial charge in [0.05, 0.1) is 12.7 Å². The van der Waals surface area contributed by atoms with Crippen LogP contribution in [-0.2, 0) is 4.74 Å². The van der Waals surface area contributed by atoms with E-state index in [9.17, 15) is 0 Å². The van der Waals surface area contributed by atoms with Crippen LogP contribution >= 0.6 is 0 Å². The monoisotopic (exact) mass is 116 g/mol. The van der Waals surface area contributed by atoms with Crippen LogP contribution in [0.1, 0.15) is 13.3 Å². The van der Waals surface area contributed by atoms with E-state index in [1.807, 2.05) is 6.92 Å². The molecule has 2 nitrogen and oxygen atoms in total. The zero-order valence-electron chi connectivity index (χ0n) is 5.13. The van der Waals surface area contributed by atoms with E-state index in [4.69, 9.17) is 9.84 Å². The summed E-state index contributed by atoms with van der Waals surface area (Å²) in [6.45, 7) is 3.45. The second kappa shape index (κ2) is 2.46. The lowest BCUT2D eigenvalue weighted by molar-refractivity contribution is -0.0282. The van der Waals surface area contributed by atoms with Gasteiger partial charge in [-0.3, -0.25) is 0 Å². The highest BCUT2D eigenvalue weighted by atomic mass is 16.5. The second-order valence-electron chi connectivity index (χ2n) is 2.41. The van der Waals surface area contributed by atoms with Gasteiger partial charge in [-0.1, -0.05) is 6.92 Å². The van der Waals surface area contributed by atoms with Crippen molar-refractivity contribution in [2.75, 3.05) is 13.2 Å². The predicted molar refractivity (Wildman–Crippen MR) is 30.6 cm³/mol. The Morgan fingerprint density at radius 3 is 2.75 bits per heavy atom. The molecule has 1 N–H and O–H groups in total. The maximum absolute atomic E-state index is 9.10. The summed E-state index contributed by atoms with van der Waals surface area (Å²) in [4.78, 5) is 0. The van der Waals surface area contributed by atoms with Gasteiger partial charge in [-0.2, -0.15) is 0 Å². The minimum absolute atomic E-state index is 0.122. The van der Waals surface area contributed by atoms with E-state index in [0.29, 0.717) is 5.92 Å². The predicted octanol–water partition coefficient (Wildman–Crippen LogP) is 0.404. The number of hydrogen-bond donors (Lipinski definition) is 1. The van der Waals surface area contributed by atoms with Gasteiger partial charge in [0.2, 0.25) is 0 Å². The Morgan fingerprint density at radius 1 is 1.62 bits per heavy atom. The van der Waals surface area contributed by atoms with Crippen molar-refractivity contribution in [2.24, 2.45) is 5.92 Å². The smallest absolute Gasteiger partial charge is 0.0609 e. The van der Waals surface area contributed by atoms with Crippen LogP contribution < -0.4 is 0 Å². The highest BCUT2D eigenvalue weighted by Gasteiger charge is 2.18. The van der Waals surface area contributed by atoms with E-state index < -0.39 is 0 Å². The van der Waals surface area contributed by atoms with E-state index in [2.05, 4.69) is 0 Å². The molecular weight excluding hydrogens is 104 g/mol. The van der Waals surface area contributed by atoms with Crippen LogP contribution in [0.15, 0.2) is 0 Å². The summed E-state index contributed by atoms with van der Waals surface area (Å²) in [5, 5.41) is 9.10. The van der Waals surface area contributed by atoms with Crippen molar-refractivity contribution in [3.05, 3.63) is 0 Å². The van der Waals surface area contributed by atoms with Crippen LogP contribution in [0.2, 0.25) is 0 Å². The molecule has 0 aromatic carbocycles. The number of rotatable bonds is 0. The minimum Gasteiger partial charge on any atom is -0.393 e. The third-order valence-electron chi connectivity index (χ3n) is 1.60. The number of ether oxygens (including phenoxy) is 1. The molecule has 1 saturated heterocycles. The van der Waals surface area contributed by atoms with Crippen molar-refractivity contribution in [1.29, 1.82) is 0 Å². The molecular formula is C6H12O2. The van der Waals surface area contributed by atoms with Gasteiger partial charge in [0.1, 0.15) is 0 Å². The summed E-state index contributed by atoms with van der Waals surface area (Å²) >= 11 is 0. The van der Waals surface area contributed by atoms with Gasteiger partial charge in [-0.05, 0) is 6.42 Å². The van der Waals surface area contributed by atoms with Crippen LogP contribution in [-0.4, -0.2) is 24.4 Å². The van der Waals surface area contributed by atoms with E-state index in [-0.39, 0.29) is 6.10 Å². The lowest BCUT2D eigenvalue weighted by Gasteiger charge is -2.23. The van der Waals surface area contributed by atoms with Crippen molar-refractivity contribution in [3.63, 3.8) is 0 Å². The van der Waals surface area contributed by atoms with Crippen molar-refractivity contribution < 1.29 is 9.84 Å². The molecule has 8 heavy (non-hydrogen) atoms. The molecule has 1 aliphatic rings. The van der Waals surface area contributed by atoms with Crippen LogP contribution in [0.25, 0.3) is 0 Å². The van der Waals surface area contributed by atoms with E-state index in [0.717, 1.165) is 19.6 Å². The molecule has 0 aliphatic carbocycles. The minimum atomic E-state index is -0.122. The first-order valence-corrected chi connectivity index (χ1v) is 3.06. The van der Waals surface area contributed by atoms with Gasteiger partial charge < -0.3 is 9.84 Å². The second-order valence-corrected chi connectivity index (χ2v) is 2.41. The molecule has 0 amide bonds. The topological polar surface area (TPSA) is 29.5 Å². The van der Waals surface area contributed by atoms with Crippen molar-refractivity contribution in [3.8, 4) is 0 Å². The summed E-state index contributed by atoms with van der Waals surface area (Å²) in [5.41, 5.74) is 0. The Morgan fingerprint density at radius 2 is 2.38 bits per heavy atom. The van der Waals surface area contributed by atoms with Crippen LogP contribution in [0.5, 0.6) is 0 Å². The first-order chi connectivity index (χ1) is 3.80. The molecule has 48 valence electrons. The molecule has 2 heteroatoms. The highest BCUT2D eigenvalue weighted by Crippen LogP contribution is 2.12. The quantitative estimate of drug-likeness (QED) is 0.496. The van der Waals surface area contributed by atoms with Gasteiger partial charge in [-0.15, -0.1) is 0 Å². The molecule has 1 heterocycles. The summed E-state index contributed by atoms with van der Waals surface area (Å²) in [5.74, 6) is 0.337. The largest absolute Gasteiger partial charge is 0.393 e. The number of aliphatic hydroxyl groups excluding tert-OH is 1. The van der Waals surface area contributed by atoms with Crippen molar-refractivity contribution in [1.82, 2.24) is 0 Å². The first-order valence-electron chi connectivity index (χ1n) is 3.06. The fraction of sp³-hybridized carbons (Fsp3) is 1.00. The van der Waals surface area contributed by atoms with Gasteiger partial charge in [-0.25, -0.2) is 0 Å². The number of aliphatic hydroxyl groups is 1. The molecule has 1 rings (SSSR count). The summed E-state index contributed by atoms with van der Waals surface area (Å²) in [6.07, 6.45) is 0.685. The molecule has 0 saturated carbocycles. The molecule has 1 fully saturated rings. The van der Waals surface area contributed by atoms with Crippen LogP contribution in [0, 0.1) is 5.92 Å². The summed E-state index contributed by atoms with van der Waals surface area (Å²) in [7, 11) is 0. The van der Waals surface area contributed by atoms with Crippen molar-refractivity contribution >= 4 is 0 Å². The zero-order chi connectivity index (χ0) is 5.98. The van der Waals surface area contributed by atoms with Crippen molar-refractivity contribution in [2.45, 2.75) is 19.4 Å². The highest BCUT2D eigenvalue weighted by molar-refractivity contribution is 4.67. The maximum Gasteiger partial charge on any atom is 0.0609 e. The molecule has 0 spiro atoms. The van der Waals surface area contributed by atoms with Crippen LogP contribution in [0.4, 0.5) is 0 Å². The van der Waals surface area contributed by atoms with Gasteiger partial charge in [0.25, 0.3) is 0 Å². The van der Waals surface area contributed by atoms with E-state index in [1.54, 1.807) is 0 Å². The third kappa shape index (κ3) is 1.20. The molecule has 0 aromatic heterocycles. The summed E-state index contributed by atoms with van der Waals surface area (Å²) in [6, 6.07) is 0.